The second-order valence-corrected chi connectivity index (χ2v) is 5.06. The number of aromatic nitrogens is 4. The Morgan fingerprint density at radius 3 is 2.81 bits per heavy atom. The average Bonchev–Trinajstić information content (AvgIpc) is 2.94. The van der Waals surface area contributed by atoms with Crippen LogP contribution in [0.2, 0.25) is 0 Å². The number of aryl methyl sites for hydroxylation is 1. The molecule has 110 valence electrons. The fourth-order valence-corrected chi connectivity index (χ4v) is 2.40. The predicted octanol–water partition coefficient (Wildman–Crippen LogP) is -0.456. The maximum Gasteiger partial charge on any atom is 0.232 e. The summed E-state index contributed by atoms with van der Waals surface area (Å²) < 4.78 is 1.58. The molecule has 0 bridgehead atoms. The third-order valence-electron chi connectivity index (χ3n) is 3.54. The Hall–Kier alpha value is -2.55. The standard InChI is InChI=1S/C12H15N7O2/c1-6-3-9(20)19(12(6)21)5-8-15-10(17-13)7-4-14-18(2)11(7)16-8/h4,6H,3,5,13H2,1-2H3,(H,15,16,17). The average molecular weight is 289 g/mol. The molecule has 0 aromatic carbocycles. The van der Waals surface area contributed by atoms with Gasteiger partial charge in [0.05, 0.1) is 18.1 Å². The Morgan fingerprint density at radius 1 is 1.43 bits per heavy atom. The summed E-state index contributed by atoms with van der Waals surface area (Å²) in [7, 11) is 1.74. The molecule has 3 heterocycles. The van der Waals surface area contributed by atoms with Gasteiger partial charge in [-0.1, -0.05) is 6.92 Å². The summed E-state index contributed by atoms with van der Waals surface area (Å²) in [6, 6.07) is 0. The number of nitrogens with one attached hydrogen (secondary N) is 1. The monoisotopic (exact) mass is 289 g/mol. The molecule has 1 aliphatic rings. The van der Waals surface area contributed by atoms with Crippen molar-refractivity contribution in [3.8, 4) is 0 Å². The maximum absolute atomic E-state index is 11.9. The summed E-state index contributed by atoms with van der Waals surface area (Å²) in [4.78, 5) is 33.5. The summed E-state index contributed by atoms with van der Waals surface area (Å²) in [5, 5.41) is 4.77. The summed E-state index contributed by atoms with van der Waals surface area (Å²) in [6.45, 7) is 1.77. The lowest BCUT2D eigenvalue weighted by Gasteiger charge is -2.14. The Labute approximate surface area is 120 Å². The van der Waals surface area contributed by atoms with Gasteiger partial charge in [-0.15, -0.1) is 0 Å². The number of nitrogens with zero attached hydrogens (tertiary/aromatic N) is 5. The van der Waals surface area contributed by atoms with Gasteiger partial charge in [-0.3, -0.25) is 19.2 Å². The first-order chi connectivity index (χ1) is 10.0. The molecule has 0 aliphatic carbocycles. The van der Waals surface area contributed by atoms with E-state index in [-0.39, 0.29) is 30.7 Å². The third-order valence-corrected chi connectivity index (χ3v) is 3.54. The molecule has 3 rings (SSSR count). The molecule has 3 N–H and O–H groups in total. The second kappa shape index (κ2) is 4.77. The van der Waals surface area contributed by atoms with Crippen molar-refractivity contribution in [2.45, 2.75) is 19.9 Å². The van der Waals surface area contributed by atoms with E-state index in [0.29, 0.717) is 22.7 Å². The van der Waals surface area contributed by atoms with Crippen LogP contribution in [0.4, 0.5) is 5.82 Å². The molecule has 9 heteroatoms. The quantitative estimate of drug-likeness (QED) is 0.446. The largest absolute Gasteiger partial charge is 0.308 e. The number of hydrogen-bond donors (Lipinski definition) is 2. The van der Waals surface area contributed by atoms with E-state index in [9.17, 15) is 9.59 Å². The van der Waals surface area contributed by atoms with Crippen LogP contribution >= 0.6 is 0 Å². The van der Waals surface area contributed by atoms with Crippen LogP contribution < -0.4 is 11.3 Å². The van der Waals surface area contributed by atoms with Gasteiger partial charge in [0.2, 0.25) is 11.8 Å². The molecule has 2 aromatic heterocycles. The van der Waals surface area contributed by atoms with Crippen molar-refractivity contribution in [1.29, 1.82) is 0 Å². The Morgan fingerprint density at radius 2 is 2.19 bits per heavy atom. The van der Waals surface area contributed by atoms with Crippen LogP contribution in [0.3, 0.4) is 0 Å². The number of carbonyl (C=O) groups excluding carboxylic acids is 2. The Kier molecular flexibility index (Phi) is 3.05. The fourth-order valence-electron chi connectivity index (χ4n) is 2.40. The molecule has 9 nitrogen and oxygen atoms in total. The fraction of sp³-hybridized carbons (Fsp3) is 0.417. The molecule has 1 unspecified atom stereocenters. The van der Waals surface area contributed by atoms with Gasteiger partial charge in [0, 0.05) is 19.4 Å². The van der Waals surface area contributed by atoms with Gasteiger partial charge >= 0.3 is 0 Å². The molecule has 21 heavy (non-hydrogen) atoms. The van der Waals surface area contributed by atoms with Crippen molar-refractivity contribution in [3.63, 3.8) is 0 Å². The van der Waals surface area contributed by atoms with E-state index in [4.69, 9.17) is 5.84 Å². The highest BCUT2D eigenvalue weighted by Gasteiger charge is 2.36. The molecule has 0 saturated carbocycles. The number of nitrogens with two attached hydrogens (primary N) is 1. The minimum absolute atomic E-state index is 0.0395. The van der Waals surface area contributed by atoms with Gasteiger partial charge in [-0.2, -0.15) is 5.10 Å². The number of nitrogen functional groups attached to an aromatic ring is 1. The number of imide groups is 1. The highest BCUT2D eigenvalue weighted by Crippen LogP contribution is 2.23. The molecule has 1 atom stereocenters. The molecule has 2 aromatic rings. The third kappa shape index (κ3) is 2.11. The molecule has 2 amide bonds. The smallest absolute Gasteiger partial charge is 0.232 e. The van der Waals surface area contributed by atoms with Crippen molar-refractivity contribution in [1.82, 2.24) is 24.6 Å². The van der Waals surface area contributed by atoms with Gasteiger partial charge in [0.25, 0.3) is 0 Å². The number of amides is 2. The zero-order valence-electron chi connectivity index (χ0n) is 11.7. The van der Waals surface area contributed by atoms with Crippen LogP contribution in [0.1, 0.15) is 19.2 Å². The Balaban J connectivity index is 1.99. The van der Waals surface area contributed by atoms with Crippen molar-refractivity contribution < 1.29 is 9.59 Å². The van der Waals surface area contributed by atoms with Crippen LogP contribution in [-0.2, 0) is 23.2 Å². The number of hydrazine groups is 1. The summed E-state index contributed by atoms with van der Waals surface area (Å²) in [5.41, 5.74) is 3.07. The number of fused-ring (bicyclic) bond motifs is 1. The topological polar surface area (TPSA) is 119 Å². The molecular formula is C12H15N7O2. The highest BCUT2D eigenvalue weighted by atomic mass is 16.2. The zero-order chi connectivity index (χ0) is 15.1. The van der Waals surface area contributed by atoms with Crippen LogP contribution in [0.25, 0.3) is 11.0 Å². The molecule has 0 radical (unpaired) electrons. The van der Waals surface area contributed by atoms with Gasteiger partial charge in [-0.05, 0) is 0 Å². The minimum atomic E-state index is -0.287. The first-order valence-corrected chi connectivity index (χ1v) is 6.50. The van der Waals surface area contributed by atoms with Crippen molar-refractivity contribution in [2.24, 2.45) is 18.8 Å². The first-order valence-electron chi connectivity index (χ1n) is 6.50. The van der Waals surface area contributed by atoms with Gasteiger partial charge < -0.3 is 5.43 Å². The number of likely N-dealkylation sites (tertiary alicyclic amines) is 1. The van der Waals surface area contributed by atoms with Crippen molar-refractivity contribution in [3.05, 3.63) is 12.0 Å². The predicted molar refractivity (Wildman–Crippen MR) is 73.5 cm³/mol. The number of hydrogen-bond acceptors (Lipinski definition) is 7. The molecule has 0 spiro atoms. The lowest BCUT2D eigenvalue weighted by Crippen LogP contribution is -2.30. The zero-order valence-corrected chi connectivity index (χ0v) is 11.7. The summed E-state index contributed by atoms with van der Waals surface area (Å²) in [5.74, 6) is 5.52. The number of rotatable bonds is 3. The van der Waals surface area contributed by atoms with E-state index < -0.39 is 0 Å². The van der Waals surface area contributed by atoms with E-state index in [0.717, 1.165) is 0 Å². The number of carbonyl (C=O) groups is 2. The van der Waals surface area contributed by atoms with E-state index in [2.05, 4.69) is 20.5 Å². The van der Waals surface area contributed by atoms with Crippen molar-refractivity contribution >= 4 is 28.7 Å². The lowest BCUT2D eigenvalue weighted by molar-refractivity contribution is -0.140. The maximum atomic E-state index is 11.9. The molecule has 1 fully saturated rings. The number of anilines is 1. The minimum Gasteiger partial charge on any atom is -0.308 e. The van der Waals surface area contributed by atoms with Crippen LogP contribution in [0, 0.1) is 5.92 Å². The molecule has 1 aliphatic heterocycles. The van der Waals surface area contributed by atoms with Crippen LogP contribution in [0.15, 0.2) is 6.20 Å². The second-order valence-electron chi connectivity index (χ2n) is 5.06. The molecular weight excluding hydrogens is 274 g/mol. The van der Waals surface area contributed by atoms with Gasteiger partial charge in [0.1, 0.15) is 0 Å². The summed E-state index contributed by atoms with van der Waals surface area (Å²) >= 11 is 0. The van der Waals surface area contributed by atoms with Crippen LogP contribution in [0.5, 0.6) is 0 Å². The van der Waals surface area contributed by atoms with E-state index >= 15 is 0 Å². The first kappa shape index (κ1) is 13.4. The summed E-state index contributed by atoms with van der Waals surface area (Å²) in [6.07, 6.45) is 1.83. The lowest BCUT2D eigenvalue weighted by atomic mass is 10.1. The highest BCUT2D eigenvalue weighted by molar-refractivity contribution is 6.03. The van der Waals surface area contributed by atoms with E-state index in [1.54, 1.807) is 24.9 Å². The van der Waals surface area contributed by atoms with Crippen LogP contribution in [-0.4, -0.2) is 36.5 Å². The normalized spacial score (nSPS) is 18.8. The van der Waals surface area contributed by atoms with Gasteiger partial charge in [-0.25, -0.2) is 15.8 Å². The Bertz CT molecular complexity index is 739. The van der Waals surface area contributed by atoms with E-state index in [1.807, 2.05) is 0 Å². The van der Waals surface area contributed by atoms with Crippen molar-refractivity contribution in [2.75, 3.05) is 5.43 Å². The van der Waals surface area contributed by atoms with Gasteiger partial charge in [0.15, 0.2) is 17.3 Å². The SMILES string of the molecule is CC1CC(=O)N(Cc2nc(NN)c3cnn(C)c3n2)C1=O. The van der Waals surface area contributed by atoms with E-state index in [1.165, 1.54) is 4.90 Å². The molecule has 1 saturated heterocycles.